The van der Waals surface area contributed by atoms with Gasteiger partial charge in [-0.1, -0.05) is 30.3 Å². The Kier molecular flexibility index (Phi) is 5.72. The van der Waals surface area contributed by atoms with Crippen LogP contribution in [0.1, 0.15) is 11.1 Å². The number of anilines is 2. The first-order valence-corrected chi connectivity index (χ1v) is 10.2. The van der Waals surface area contributed by atoms with E-state index in [-0.39, 0.29) is 5.69 Å². The SMILES string of the molecule is Cc1ccccc1Nc1nc(-c2ccccc2OCc2ccc([N+](=O)[O-])cc2)cs1. The molecule has 1 heterocycles. The fourth-order valence-electron chi connectivity index (χ4n) is 2.96. The Balaban J connectivity index is 1.50. The van der Waals surface area contributed by atoms with Gasteiger partial charge in [-0.3, -0.25) is 10.1 Å². The fourth-order valence-corrected chi connectivity index (χ4v) is 3.69. The molecule has 1 N–H and O–H groups in total. The molecule has 3 aromatic carbocycles. The number of ether oxygens (including phenoxy) is 1. The average molecular weight is 417 g/mol. The number of thiazole rings is 1. The Hall–Kier alpha value is -3.71. The predicted molar refractivity (Wildman–Crippen MR) is 119 cm³/mol. The molecular weight excluding hydrogens is 398 g/mol. The summed E-state index contributed by atoms with van der Waals surface area (Å²) in [7, 11) is 0. The number of nitrogens with one attached hydrogen (secondary N) is 1. The normalized spacial score (nSPS) is 10.6. The van der Waals surface area contributed by atoms with E-state index in [0.29, 0.717) is 12.4 Å². The first-order valence-electron chi connectivity index (χ1n) is 9.34. The van der Waals surface area contributed by atoms with Gasteiger partial charge in [-0.2, -0.15) is 0 Å². The summed E-state index contributed by atoms with van der Waals surface area (Å²) in [6.07, 6.45) is 0. The van der Waals surface area contributed by atoms with E-state index in [1.807, 2.05) is 47.8 Å². The highest BCUT2D eigenvalue weighted by Gasteiger charge is 2.11. The van der Waals surface area contributed by atoms with Crippen LogP contribution in [0.15, 0.2) is 78.2 Å². The zero-order valence-electron chi connectivity index (χ0n) is 16.2. The predicted octanol–water partition coefficient (Wildman–Crippen LogP) is 6.35. The van der Waals surface area contributed by atoms with E-state index in [0.717, 1.165) is 33.2 Å². The van der Waals surface area contributed by atoms with Crippen LogP contribution in [-0.4, -0.2) is 9.91 Å². The van der Waals surface area contributed by atoms with E-state index in [1.54, 1.807) is 12.1 Å². The van der Waals surface area contributed by atoms with Crippen molar-refractivity contribution in [3.05, 3.63) is 99.4 Å². The van der Waals surface area contributed by atoms with Crippen LogP contribution in [-0.2, 0) is 6.61 Å². The Bertz CT molecular complexity index is 1170. The second-order valence-corrected chi connectivity index (χ2v) is 7.54. The molecule has 0 saturated carbocycles. The lowest BCUT2D eigenvalue weighted by atomic mass is 10.1. The van der Waals surface area contributed by atoms with Crippen LogP contribution in [0.25, 0.3) is 11.3 Å². The third-order valence-electron chi connectivity index (χ3n) is 4.60. The second-order valence-electron chi connectivity index (χ2n) is 6.69. The quantitative estimate of drug-likeness (QED) is 0.280. The molecule has 0 amide bonds. The van der Waals surface area contributed by atoms with Crippen LogP contribution in [0.5, 0.6) is 5.75 Å². The monoisotopic (exact) mass is 417 g/mol. The van der Waals surface area contributed by atoms with E-state index >= 15 is 0 Å². The number of nitro benzene ring substituents is 1. The van der Waals surface area contributed by atoms with Gasteiger partial charge in [-0.05, 0) is 48.4 Å². The van der Waals surface area contributed by atoms with Crippen LogP contribution < -0.4 is 10.1 Å². The van der Waals surface area contributed by atoms with Gasteiger partial charge in [0, 0.05) is 28.8 Å². The number of aromatic nitrogens is 1. The summed E-state index contributed by atoms with van der Waals surface area (Å²) in [5.41, 5.74) is 4.83. The van der Waals surface area contributed by atoms with Crippen LogP contribution in [0, 0.1) is 17.0 Å². The number of non-ortho nitro benzene ring substituents is 1. The summed E-state index contributed by atoms with van der Waals surface area (Å²) in [5, 5.41) is 17.0. The number of nitrogens with zero attached hydrogens (tertiary/aromatic N) is 2. The van der Waals surface area contributed by atoms with Crippen LogP contribution in [0.2, 0.25) is 0 Å². The molecule has 0 atom stereocenters. The number of hydrogen-bond acceptors (Lipinski definition) is 6. The number of para-hydroxylation sites is 2. The third-order valence-corrected chi connectivity index (χ3v) is 5.35. The Labute approximate surface area is 178 Å². The van der Waals surface area contributed by atoms with Crippen LogP contribution in [0.3, 0.4) is 0 Å². The number of aryl methyl sites for hydroxylation is 1. The summed E-state index contributed by atoms with van der Waals surface area (Å²) in [4.78, 5) is 15.1. The molecule has 30 heavy (non-hydrogen) atoms. The smallest absolute Gasteiger partial charge is 0.269 e. The zero-order chi connectivity index (χ0) is 20.9. The lowest BCUT2D eigenvalue weighted by Gasteiger charge is -2.10. The first kappa shape index (κ1) is 19.6. The molecule has 4 rings (SSSR count). The van der Waals surface area contributed by atoms with Crippen LogP contribution >= 0.6 is 11.3 Å². The highest BCUT2D eigenvalue weighted by atomic mass is 32.1. The molecule has 0 aliphatic heterocycles. The Morgan fingerprint density at radius 2 is 1.77 bits per heavy atom. The number of nitro groups is 1. The minimum absolute atomic E-state index is 0.0651. The second kappa shape index (κ2) is 8.75. The average Bonchev–Trinajstić information content (AvgIpc) is 3.23. The van der Waals surface area contributed by atoms with Gasteiger partial charge in [-0.15, -0.1) is 11.3 Å². The number of benzene rings is 3. The standard InChI is InChI=1S/C23H19N3O3S/c1-16-6-2-4-8-20(16)24-23-25-21(15-30-23)19-7-3-5-9-22(19)29-14-17-10-12-18(13-11-17)26(27)28/h2-13,15H,14H2,1H3,(H,24,25). The lowest BCUT2D eigenvalue weighted by molar-refractivity contribution is -0.384. The van der Waals surface area contributed by atoms with Crippen molar-refractivity contribution in [1.29, 1.82) is 0 Å². The lowest BCUT2D eigenvalue weighted by Crippen LogP contribution is -1.98. The minimum atomic E-state index is -0.412. The maximum atomic E-state index is 10.8. The first-order chi connectivity index (χ1) is 14.6. The summed E-state index contributed by atoms with van der Waals surface area (Å²) >= 11 is 1.53. The van der Waals surface area contributed by atoms with Gasteiger partial charge >= 0.3 is 0 Å². The van der Waals surface area contributed by atoms with Gasteiger partial charge in [0.2, 0.25) is 0 Å². The van der Waals surface area contributed by atoms with Crippen molar-refractivity contribution in [3.8, 4) is 17.0 Å². The van der Waals surface area contributed by atoms with Crippen molar-refractivity contribution in [2.24, 2.45) is 0 Å². The zero-order valence-corrected chi connectivity index (χ0v) is 17.1. The Morgan fingerprint density at radius 3 is 2.53 bits per heavy atom. The van der Waals surface area contributed by atoms with Crippen molar-refractivity contribution in [2.45, 2.75) is 13.5 Å². The molecule has 0 unspecified atom stereocenters. The van der Waals surface area contributed by atoms with Gasteiger partial charge < -0.3 is 10.1 Å². The van der Waals surface area contributed by atoms with Gasteiger partial charge in [0.05, 0.1) is 10.6 Å². The van der Waals surface area contributed by atoms with Crippen LogP contribution in [0.4, 0.5) is 16.5 Å². The maximum absolute atomic E-state index is 10.8. The maximum Gasteiger partial charge on any atom is 0.269 e. The van der Waals surface area contributed by atoms with Crippen molar-refractivity contribution < 1.29 is 9.66 Å². The largest absolute Gasteiger partial charge is 0.488 e. The van der Waals surface area contributed by atoms with E-state index < -0.39 is 4.92 Å². The van der Waals surface area contributed by atoms with Crippen molar-refractivity contribution in [2.75, 3.05) is 5.32 Å². The topological polar surface area (TPSA) is 77.3 Å². The molecule has 0 saturated heterocycles. The van der Waals surface area contributed by atoms with Gasteiger partial charge in [0.15, 0.2) is 5.13 Å². The van der Waals surface area contributed by atoms with Gasteiger partial charge in [0.25, 0.3) is 5.69 Å². The number of rotatable bonds is 7. The molecule has 4 aromatic rings. The molecule has 0 aliphatic rings. The summed E-state index contributed by atoms with van der Waals surface area (Å²) in [5.74, 6) is 0.712. The fraction of sp³-hybridized carbons (Fsp3) is 0.0870. The summed E-state index contributed by atoms with van der Waals surface area (Å²) in [6.45, 7) is 2.37. The summed E-state index contributed by atoms with van der Waals surface area (Å²) < 4.78 is 6.00. The van der Waals surface area contributed by atoms with E-state index in [9.17, 15) is 10.1 Å². The molecule has 0 radical (unpaired) electrons. The van der Waals surface area contributed by atoms with Gasteiger partial charge in [0.1, 0.15) is 12.4 Å². The van der Waals surface area contributed by atoms with E-state index in [4.69, 9.17) is 9.72 Å². The van der Waals surface area contributed by atoms with Gasteiger partial charge in [-0.25, -0.2) is 4.98 Å². The molecule has 0 fully saturated rings. The molecule has 0 spiro atoms. The molecule has 6 nitrogen and oxygen atoms in total. The number of hydrogen-bond donors (Lipinski definition) is 1. The summed E-state index contributed by atoms with van der Waals surface area (Å²) in [6, 6.07) is 22.2. The molecule has 7 heteroatoms. The third kappa shape index (κ3) is 4.47. The molecule has 1 aromatic heterocycles. The minimum Gasteiger partial charge on any atom is -0.488 e. The van der Waals surface area contributed by atoms with E-state index in [2.05, 4.69) is 18.3 Å². The van der Waals surface area contributed by atoms with E-state index in [1.165, 1.54) is 23.5 Å². The molecule has 0 aliphatic carbocycles. The highest BCUT2D eigenvalue weighted by molar-refractivity contribution is 7.14. The van der Waals surface area contributed by atoms with Crippen molar-refractivity contribution in [1.82, 2.24) is 4.98 Å². The Morgan fingerprint density at radius 1 is 1.03 bits per heavy atom. The van der Waals surface area contributed by atoms with Crippen molar-refractivity contribution in [3.63, 3.8) is 0 Å². The van der Waals surface area contributed by atoms with Crippen molar-refractivity contribution >= 4 is 27.8 Å². The molecular formula is C23H19N3O3S. The highest BCUT2D eigenvalue weighted by Crippen LogP contribution is 2.34. The molecule has 150 valence electrons. The molecule has 0 bridgehead atoms.